The van der Waals surface area contributed by atoms with E-state index in [4.69, 9.17) is 17.3 Å². The summed E-state index contributed by atoms with van der Waals surface area (Å²) in [5, 5.41) is 0.799. The molecule has 2 N–H and O–H groups in total. The van der Waals surface area contributed by atoms with E-state index in [9.17, 15) is 0 Å². The Balaban J connectivity index is 0.00000147. The lowest BCUT2D eigenvalue weighted by molar-refractivity contribution is 0.347. The molecular formula is C15H21ClIN3. The van der Waals surface area contributed by atoms with Crippen molar-refractivity contribution < 1.29 is 0 Å². The highest BCUT2D eigenvalue weighted by atomic mass is 127. The molecule has 5 heteroatoms. The number of nitrogens with zero attached hydrogens (tertiary/aromatic N) is 2. The van der Waals surface area contributed by atoms with Crippen LogP contribution in [0.3, 0.4) is 0 Å². The van der Waals surface area contributed by atoms with Crippen molar-refractivity contribution in [3.63, 3.8) is 0 Å². The lowest BCUT2D eigenvalue weighted by atomic mass is 9.76. The Morgan fingerprint density at radius 3 is 2.40 bits per heavy atom. The largest absolute Gasteiger partial charge is 0.370 e. The SMILES string of the molecule is CN(C(N)=NC1CC(c2ccc(Cl)cc2)C1)C1CC1.I. The average molecular weight is 406 g/mol. The van der Waals surface area contributed by atoms with Crippen molar-refractivity contribution in [2.24, 2.45) is 10.7 Å². The van der Waals surface area contributed by atoms with Gasteiger partial charge < -0.3 is 10.6 Å². The van der Waals surface area contributed by atoms with Crippen LogP contribution in [0.4, 0.5) is 0 Å². The zero-order chi connectivity index (χ0) is 13.4. The number of aliphatic imine (C=N–C) groups is 1. The first-order valence-electron chi connectivity index (χ1n) is 6.95. The zero-order valence-corrected chi connectivity index (χ0v) is 14.7. The highest BCUT2D eigenvalue weighted by Gasteiger charge is 2.32. The average Bonchev–Trinajstić information content (AvgIpc) is 3.17. The molecule has 0 bridgehead atoms. The van der Waals surface area contributed by atoms with E-state index >= 15 is 0 Å². The molecule has 0 aromatic heterocycles. The third-order valence-corrected chi connectivity index (χ3v) is 4.48. The minimum absolute atomic E-state index is 0. The highest BCUT2D eigenvalue weighted by molar-refractivity contribution is 14.0. The van der Waals surface area contributed by atoms with Crippen LogP contribution in [0.1, 0.15) is 37.2 Å². The molecule has 0 saturated heterocycles. The Bertz CT molecular complexity index is 478. The first kappa shape index (κ1) is 15.9. The molecule has 0 unspecified atom stereocenters. The van der Waals surface area contributed by atoms with Crippen LogP contribution in [0.15, 0.2) is 29.3 Å². The van der Waals surface area contributed by atoms with E-state index in [1.165, 1.54) is 18.4 Å². The lowest BCUT2D eigenvalue weighted by Crippen LogP contribution is -2.38. The van der Waals surface area contributed by atoms with Crippen molar-refractivity contribution >= 4 is 41.5 Å². The van der Waals surface area contributed by atoms with E-state index in [0.717, 1.165) is 17.9 Å². The second kappa shape index (κ2) is 6.52. The van der Waals surface area contributed by atoms with Crippen LogP contribution in [0.5, 0.6) is 0 Å². The van der Waals surface area contributed by atoms with Gasteiger partial charge in [-0.2, -0.15) is 0 Å². The van der Waals surface area contributed by atoms with E-state index in [2.05, 4.69) is 22.0 Å². The summed E-state index contributed by atoms with van der Waals surface area (Å²) in [5.74, 6) is 1.33. The second-order valence-corrected chi connectivity index (χ2v) is 6.14. The van der Waals surface area contributed by atoms with Crippen LogP contribution in [0.25, 0.3) is 0 Å². The first-order chi connectivity index (χ1) is 9.13. The van der Waals surface area contributed by atoms with Crippen LogP contribution in [-0.2, 0) is 0 Å². The van der Waals surface area contributed by atoms with Crippen LogP contribution in [0, 0.1) is 0 Å². The standard InChI is InChI=1S/C15H20ClN3.HI/c1-19(14-6-7-14)15(17)18-13-8-11(9-13)10-2-4-12(16)5-3-10;/h2-5,11,13-14H,6-9H2,1H3,(H2,17,18);1H. The third kappa shape index (κ3) is 3.58. The Hall–Kier alpha value is -0.490. The first-order valence-corrected chi connectivity index (χ1v) is 7.33. The van der Waals surface area contributed by atoms with Gasteiger partial charge >= 0.3 is 0 Å². The molecule has 2 fully saturated rings. The fraction of sp³-hybridized carbons (Fsp3) is 0.533. The summed E-state index contributed by atoms with van der Waals surface area (Å²) < 4.78 is 0. The van der Waals surface area contributed by atoms with E-state index < -0.39 is 0 Å². The molecule has 0 heterocycles. The topological polar surface area (TPSA) is 41.6 Å². The molecule has 0 amide bonds. The Morgan fingerprint density at radius 1 is 1.25 bits per heavy atom. The van der Waals surface area contributed by atoms with Crippen LogP contribution < -0.4 is 5.73 Å². The van der Waals surface area contributed by atoms with Gasteiger partial charge in [-0.15, -0.1) is 24.0 Å². The van der Waals surface area contributed by atoms with Crippen molar-refractivity contribution in [1.82, 2.24) is 4.90 Å². The number of rotatable bonds is 3. The fourth-order valence-electron chi connectivity index (χ4n) is 2.63. The van der Waals surface area contributed by atoms with Gasteiger partial charge in [-0.1, -0.05) is 23.7 Å². The molecule has 2 aliphatic carbocycles. The van der Waals surface area contributed by atoms with E-state index in [-0.39, 0.29) is 24.0 Å². The van der Waals surface area contributed by atoms with Gasteiger partial charge in [0, 0.05) is 18.1 Å². The van der Waals surface area contributed by atoms with Crippen LogP contribution in [0.2, 0.25) is 5.02 Å². The van der Waals surface area contributed by atoms with Crippen molar-refractivity contribution in [2.45, 2.75) is 43.7 Å². The van der Waals surface area contributed by atoms with Gasteiger partial charge in [0.1, 0.15) is 0 Å². The molecule has 1 aromatic carbocycles. The maximum Gasteiger partial charge on any atom is 0.191 e. The highest BCUT2D eigenvalue weighted by Crippen LogP contribution is 2.39. The molecule has 2 saturated carbocycles. The molecule has 0 aliphatic heterocycles. The number of guanidine groups is 1. The van der Waals surface area contributed by atoms with Crippen molar-refractivity contribution in [1.29, 1.82) is 0 Å². The van der Waals surface area contributed by atoms with Gasteiger partial charge in [-0.25, -0.2) is 4.99 Å². The molecule has 0 atom stereocenters. The fourth-order valence-corrected chi connectivity index (χ4v) is 2.75. The van der Waals surface area contributed by atoms with Crippen molar-refractivity contribution in [3.8, 4) is 0 Å². The number of nitrogens with two attached hydrogens (primary N) is 1. The Morgan fingerprint density at radius 2 is 1.85 bits per heavy atom. The number of hydrogen-bond donors (Lipinski definition) is 1. The van der Waals surface area contributed by atoms with Crippen LogP contribution in [-0.4, -0.2) is 30.0 Å². The van der Waals surface area contributed by atoms with Gasteiger partial charge in [-0.3, -0.25) is 0 Å². The van der Waals surface area contributed by atoms with Gasteiger partial charge in [0.05, 0.1) is 6.04 Å². The summed E-state index contributed by atoms with van der Waals surface area (Å²) in [6.45, 7) is 0. The smallest absolute Gasteiger partial charge is 0.191 e. The third-order valence-electron chi connectivity index (χ3n) is 4.23. The molecule has 0 radical (unpaired) electrons. The quantitative estimate of drug-likeness (QED) is 0.474. The Kier molecular flexibility index (Phi) is 5.18. The number of benzene rings is 1. The molecule has 3 rings (SSSR count). The maximum atomic E-state index is 6.03. The summed E-state index contributed by atoms with van der Waals surface area (Å²) in [5.41, 5.74) is 7.40. The molecule has 20 heavy (non-hydrogen) atoms. The minimum Gasteiger partial charge on any atom is -0.370 e. The second-order valence-electron chi connectivity index (χ2n) is 5.70. The summed E-state index contributed by atoms with van der Waals surface area (Å²) in [6, 6.07) is 9.18. The summed E-state index contributed by atoms with van der Waals surface area (Å²) in [7, 11) is 2.05. The summed E-state index contributed by atoms with van der Waals surface area (Å²) in [4.78, 5) is 6.75. The van der Waals surface area contributed by atoms with Gasteiger partial charge in [0.25, 0.3) is 0 Å². The molecule has 2 aliphatic rings. The molecule has 110 valence electrons. The van der Waals surface area contributed by atoms with Crippen molar-refractivity contribution in [2.75, 3.05) is 7.05 Å². The maximum absolute atomic E-state index is 6.03. The van der Waals surface area contributed by atoms with Crippen LogP contribution >= 0.6 is 35.6 Å². The normalized spacial score (nSPS) is 25.6. The van der Waals surface area contributed by atoms with Gasteiger partial charge in [-0.05, 0) is 49.3 Å². The lowest BCUT2D eigenvalue weighted by Gasteiger charge is -2.34. The number of halogens is 2. The minimum atomic E-state index is 0. The predicted octanol–water partition coefficient (Wildman–Crippen LogP) is 3.61. The zero-order valence-electron chi connectivity index (χ0n) is 11.6. The summed E-state index contributed by atoms with van der Waals surface area (Å²) >= 11 is 5.90. The Labute approximate surface area is 142 Å². The van der Waals surface area contributed by atoms with E-state index in [0.29, 0.717) is 24.0 Å². The van der Waals surface area contributed by atoms with Crippen molar-refractivity contribution in [3.05, 3.63) is 34.9 Å². The molecule has 3 nitrogen and oxygen atoms in total. The summed E-state index contributed by atoms with van der Waals surface area (Å²) in [6.07, 6.45) is 4.71. The van der Waals surface area contributed by atoms with Gasteiger partial charge in [0.2, 0.25) is 0 Å². The van der Waals surface area contributed by atoms with E-state index in [1.807, 2.05) is 19.2 Å². The molecular weight excluding hydrogens is 385 g/mol. The number of hydrogen-bond acceptors (Lipinski definition) is 1. The van der Waals surface area contributed by atoms with Gasteiger partial charge in [0.15, 0.2) is 5.96 Å². The predicted molar refractivity (Wildman–Crippen MR) is 95.0 cm³/mol. The van der Waals surface area contributed by atoms with E-state index in [1.54, 1.807) is 0 Å². The molecule has 1 aromatic rings. The molecule has 0 spiro atoms. The monoisotopic (exact) mass is 405 g/mol.